The lowest BCUT2D eigenvalue weighted by molar-refractivity contribution is -0.118. The van der Waals surface area contributed by atoms with Crippen LogP contribution in [0.2, 0.25) is 5.02 Å². The third kappa shape index (κ3) is 4.29. The zero-order valence-corrected chi connectivity index (χ0v) is 13.9. The van der Waals surface area contributed by atoms with Gasteiger partial charge in [0.1, 0.15) is 0 Å². The molecule has 0 aromatic heterocycles. The van der Waals surface area contributed by atoms with Crippen LogP contribution in [0.5, 0.6) is 17.2 Å². The number of benzene rings is 2. The molecule has 0 heterocycles. The van der Waals surface area contributed by atoms with Gasteiger partial charge in [-0.3, -0.25) is 4.79 Å². The van der Waals surface area contributed by atoms with Crippen molar-refractivity contribution < 1.29 is 19.0 Å². The molecule has 0 fully saturated rings. The Labute approximate surface area is 140 Å². The summed E-state index contributed by atoms with van der Waals surface area (Å²) in [5.41, 5.74) is 1.56. The summed E-state index contributed by atoms with van der Waals surface area (Å²) in [6, 6.07) is 10.5. The van der Waals surface area contributed by atoms with Crippen LogP contribution in [0.3, 0.4) is 0 Å². The fourth-order valence-corrected chi connectivity index (χ4v) is 2.16. The molecule has 0 saturated heterocycles. The van der Waals surface area contributed by atoms with Crippen LogP contribution in [-0.4, -0.2) is 26.7 Å². The van der Waals surface area contributed by atoms with Gasteiger partial charge in [0, 0.05) is 10.7 Å². The minimum atomic E-state index is -0.296. The number of ether oxygens (including phenoxy) is 3. The van der Waals surface area contributed by atoms with Crippen molar-refractivity contribution in [2.24, 2.45) is 0 Å². The van der Waals surface area contributed by atoms with Crippen LogP contribution in [-0.2, 0) is 4.79 Å². The quantitative estimate of drug-likeness (QED) is 0.874. The van der Waals surface area contributed by atoms with Crippen LogP contribution in [0.1, 0.15) is 5.56 Å². The number of para-hydroxylation sites is 1. The van der Waals surface area contributed by atoms with Crippen molar-refractivity contribution >= 4 is 23.2 Å². The predicted octanol–water partition coefficient (Wildman–Crippen LogP) is 3.68. The maximum absolute atomic E-state index is 12.0. The van der Waals surface area contributed by atoms with E-state index < -0.39 is 0 Å². The summed E-state index contributed by atoms with van der Waals surface area (Å²) in [7, 11) is 3.05. The molecule has 5 nitrogen and oxygen atoms in total. The Hall–Kier alpha value is -2.40. The molecule has 0 unspecified atom stereocenters. The molecule has 2 rings (SSSR count). The number of carbonyl (C=O) groups is 1. The van der Waals surface area contributed by atoms with E-state index in [9.17, 15) is 4.79 Å². The van der Waals surface area contributed by atoms with Gasteiger partial charge in [-0.05, 0) is 36.8 Å². The number of methoxy groups -OCH3 is 2. The van der Waals surface area contributed by atoms with E-state index in [1.165, 1.54) is 14.2 Å². The Morgan fingerprint density at radius 3 is 2.52 bits per heavy atom. The fourth-order valence-electron chi connectivity index (χ4n) is 1.98. The van der Waals surface area contributed by atoms with Crippen molar-refractivity contribution in [3.63, 3.8) is 0 Å². The number of anilines is 1. The third-order valence-corrected chi connectivity index (χ3v) is 3.59. The highest BCUT2D eigenvalue weighted by atomic mass is 35.5. The van der Waals surface area contributed by atoms with E-state index in [0.717, 1.165) is 5.56 Å². The van der Waals surface area contributed by atoms with Crippen molar-refractivity contribution in [3.05, 3.63) is 47.0 Å². The van der Waals surface area contributed by atoms with Gasteiger partial charge in [-0.2, -0.15) is 0 Å². The van der Waals surface area contributed by atoms with E-state index in [2.05, 4.69) is 5.32 Å². The average molecular weight is 336 g/mol. The van der Waals surface area contributed by atoms with Crippen LogP contribution in [0.25, 0.3) is 0 Å². The summed E-state index contributed by atoms with van der Waals surface area (Å²) < 4.78 is 15.9. The maximum atomic E-state index is 12.0. The zero-order chi connectivity index (χ0) is 16.8. The van der Waals surface area contributed by atoms with Crippen molar-refractivity contribution in [2.75, 3.05) is 26.1 Å². The van der Waals surface area contributed by atoms with Crippen LogP contribution < -0.4 is 19.5 Å². The molecule has 1 amide bonds. The third-order valence-electron chi connectivity index (χ3n) is 3.18. The molecule has 0 atom stereocenters. The van der Waals surface area contributed by atoms with Gasteiger partial charge < -0.3 is 19.5 Å². The highest BCUT2D eigenvalue weighted by molar-refractivity contribution is 6.31. The van der Waals surface area contributed by atoms with Gasteiger partial charge in [0.15, 0.2) is 18.1 Å². The van der Waals surface area contributed by atoms with Crippen LogP contribution >= 0.6 is 11.6 Å². The Morgan fingerprint density at radius 1 is 1.13 bits per heavy atom. The molecule has 2 aromatic carbocycles. The Kier molecular flexibility index (Phi) is 5.71. The molecule has 0 aliphatic rings. The largest absolute Gasteiger partial charge is 0.493 e. The lowest BCUT2D eigenvalue weighted by Gasteiger charge is -2.13. The number of halogens is 1. The molecule has 0 bridgehead atoms. The number of carbonyl (C=O) groups excluding carboxylic acids is 1. The first-order chi connectivity index (χ1) is 11.0. The first-order valence-corrected chi connectivity index (χ1v) is 7.32. The van der Waals surface area contributed by atoms with Crippen molar-refractivity contribution in [3.8, 4) is 17.2 Å². The van der Waals surface area contributed by atoms with Crippen molar-refractivity contribution in [2.45, 2.75) is 6.92 Å². The van der Waals surface area contributed by atoms with E-state index >= 15 is 0 Å². The lowest BCUT2D eigenvalue weighted by atomic mass is 10.2. The molecule has 122 valence electrons. The van der Waals surface area contributed by atoms with Gasteiger partial charge in [-0.1, -0.05) is 23.7 Å². The topological polar surface area (TPSA) is 56.8 Å². The molecular formula is C17H18ClNO4. The highest BCUT2D eigenvalue weighted by Crippen LogP contribution is 2.36. The van der Waals surface area contributed by atoms with Crippen LogP contribution in [0.4, 0.5) is 5.69 Å². The van der Waals surface area contributed by atoms with Gasteiger partial charge in [-0.25, -0.2) is 0 Å². The molecular weight excluding hydrogens is 318 g/mol. The summed E-state index contributed by atoms with van der Waals surface area (Å²) in [6.07, 6.45) is 0. The van der Waals surface area contributed by atoms with E-state index in [0.29, 0.717) is 28.0 Å². The van der Waals surface area contributed by atoms with E-state index in [1.54, 1.807) is 30.3 Å². The standard InChI is InChI=1S/C17H18ClNO4/c1-11-7-8-12(9-13(11)18)19-16(20)10-23-15-6-4-5-14(21-2)17(15)22-3/h4-9H,10H2,1-3H3,(H,19,20). The van der Waals surface area contributed by atoms with Gasteiger partial charge in [0.25, 0.3) is 5.91 Å². The number of amides is 1. The summed E-state index contributed by atoms with van der Waals surface area (Å²) >= 11 is 6.03. The first kappa shape index (κ1) is 17.0. The second-order valence-electron chi connectivity index (χ2n) is 4.79. The molecule has 0 saturated carbocycles. The van der Waals surface area contributed by atoms with E-state index in [4.69, 9.17) is 25.8 Å². The minimum Gasteiger partial charge on any atom is -0.493 e. The number of aryl methyl sites for hydroxylation is 1. The van der Waals surface area contributed by atoms with E-state index in [-0.39, 0.29) is 12.5 Å². The zero-order valence-electron chi connectivity index (χ0n) is 13.2. The van der Waals surface area contributed by atoms with Gasteiger partial charge >= 0.3 is 0 Å². The lowest BCUT2D eigenvalue weighted by Crippen LogP contribution is -2.20. The first-order valence-electron chi connectivity index (χ1n) is 6.95. The molecule has 23 heavy (non-hydrogen) atoms. The van der Waals surface area contributed by atoms with Gasteiger partial charge in [0.05, 0.1) is 14.2 Å². The second kappa shape index (κ2) is 7.74. The number of hydrogen-bond donors (Lipinski definition) is 1. The van der Waals surface area contributed by atoms with Gasteiger partial charge in [-0.15, -0.1) is 0 Å². The Balaban J connectivity index is 2.00. The molecule has 0 radical (unpaired) electrons. The fraction of sp³-hybridized carbons (Fsp3) is 0.235. The Morgan fingerprint density at radius 2 is 1.87 bits per heavy atom. The molecule has 2 aromatic rings. The SMILES string of the molecule is COc1cccc(OCC(=O)Nc2ccc(C)c(Cl)c2)c1OC. The second-order valence-corrected chi connectivity index (χ2v) is 5.20. The summed E-state index contributed by atoms with van der Waals surface area (Å²) in [4.78, 5) is 12.0. The summed E-state index contributed by atoms with van der Waals surface area (Å²) in [6.45, 7) is 1.74. The smallest absolute Gasteiger partial charge is 0.262 e. The number of rotatable bonds is 6. The van der Waals surface area contributed by atoms with Gasteiger partial charge in [0.2, 0.25) is 5.75 Å². The average Bonchev–Trinajstić information content (AvgIpc) is 2.55. The molecule has 1 N–H and O–H groups in total. The van der Waals surface area contributed by atoms with Crippen LogP contribution in [0, 0.1) is 6.92 Å². The normalized spacial score (nSPS) is 10.1. The minimum absolute atomic E-state index is 0.158. The molecule has 6 heteroatoms. The number of nitrogens with one attached hydrogen (secondary N) is 1. The number of hydrogen-bond acceptors (Lipinski definition) is 4. The Bertz CT molecular complexity index is 703. The maximum Gasteiger partial charge on any atom is 0.262 e. The van der Waals surface area contributed by atoms with E-state index in [1.807, 2.05) is 13.0 Å². The molecule has 0 spiro atoms. The highest BCUT2D eigenvalue weighted by Gasteiger charge is 2.12. The molecule has 0 aliphatic heterocycles. The monoisotopic (exact) mass is 335 g/mol. The summed E-state index contributed by atoms with van der Waals surface area (Å²) in [5, 5.41) is 3.32. The van der Waals surface area contributed by atoms with Crippen molar-refractivity contribution in [1.82, 2.24) is 0 Å². The van der Waals surface area contributed by atoms with Crippen LogP contribution in [0.15, 0.2) is 36.4 Å². The predicted molar refractivity (Wildman–Crippen MR) is 89.9 cm³/mol. The van der Waals surface area contributed by atoms with Crippen molar-refractivity contribution in [1.29, 1.82) is 0 Å². The summed E-state index contributed by atoms with van der Waals surface area (Å²) in [5.74, 6) is 1.12. The molecule has 0 aliphatic carbocycles.